The Kier molecular flexibility index (Phi) is 4.99. The molecule has 0 amide bonds. The summed E-state index contributed by atoms with van der Waals surface area (Å²) in [6.45, 7) is 0. The van der Waals surface area contributed by atoms with Crippen LogP contribution in [0.4, 0.5) is 0 Å². The first-order valence-electron chi connectivity index (χ1n) is 7.89. The van der Waals surface area contributed by atoms with Crippen molar-refractivity contribution in [1.29, 1.82) is 0 Å². The molecule has 2 aromatic heterocycles. The van der Waals surface area contributed by atoms with E-state index in [-0.39, 0.29) is 6.10 Å². The average molecular weight is 362 g/mol. The average Bonchev–Trinajstić information content (AvgIpc) is 2.55. The van der Waals surface area contributed by atoms with Crippen LogP contribution in [-0.2, 0) is 6.42 Å². The second-order valence-electron chi connectivity index (χ2n) is 6.14. The van der Waals surface area contributed by atoms with Gasteiger partial charge in [-0.3, -0.25) is 0 Å². The maximum atomic E-state index is 10.6. The number of rotatable bonds is 4. The first-order valence-corrected chi connectivity index (χ1v) is 9.29. The Balaban J connectivity index is 1.80. The van der Waals surface area contributed by atoms with Gasteiger partial charge in [-0.05, 0) is 0 Å². The van der Waals surface area contributed by atoms with Crippen molar-refractivity contribution in [3.8, 4) is 5.88 Å². The van der Waals surface area contributed by atoms with Gasteiger partial charge in [0, 0.05) is 0 Å². The van der Waals surface area contributed by atoms with E-state index >= 15 is 0 Å². The predicted molar refractivity (Wildman–Crippen MR) is 90.1 cm³/mol. The van der Waals surface area contributed by atoms with Gasteiger partial charge in [0.25, 0.3) is 0 Å². The van der Waals surface area contributed by atoms with Crippen LogP contribution < -0.4 is 4.74 Å². The van der Waals surface area contributed by atoms with Crippen LogP contribution in [0.25, 0.3) is 11.0 Å². The molecule has 0 aliphatic heterocycles. The number of nitrogens with zero attached hydrogens (tertiary/aromatic N) is 2. The van der Waals surface area contributed by atoms with Gasteiger partial charge in [-0.25, -0.2) is 0 Å². The fourth-order valence-corrected chi connectivity index (χ4v) is 4.07. The van der Waals surface area contributed by atoms with E-state index in [2.05, 4.69) is 9.97 Å². The van der Waals surface area contributed by atoms with Crippen LogP contribution in [0.1, 0.15) is 31.2 Å². The molecule has 1 aliphatic rings. The number of fused-ring (bicyclic) bond motifs is 1. The van der Waals surface area contributed by atoms with E-state index in [1.807, 2.05) is 35.1 Å². The molecule has 22 heavy (non-hydrogen) atoms. The summed E-state index contributed by atoms with van der Waals surface area (Å²) >= 11 is 1.85. The second kappa shape index (κ2) is 6.97. The van der Waals surface area contributed by atoms with Gasteiger partial charge < -0.3 is 0 Å². The van der Waals surface area contributed by atoms with E-state index < -0.39 is 0 Å². The van der Waals surface area contributed by atoms with E-state index in [1.54, 1.807) is 13.3 Å². The van der Waals surface area contributed by atoms with E-state index in [9.17, 15) is 5.11 Å². The van der Waals surface area contributed by atoms with E-state index in [0.717, 1.165) is 34.1 Å². The van der Waals surface area contributed by atoms with Gasteiger partial charge in [-0.1, -0.05) is 0 Å². The van der Waals surface area contributed by atoms with Crippen LogP contribution in [0.3, 0.4) is 0 Å². The molecule has 4 nitrogen and oxygen atoms in total. The van der Waals surface area contributed by atoms with E-state index in [0.29, 0.717) is 18.2 Å². The molecule has 0 aromatic carbocycles. The zero-order chi connectivity index (χ0) is 15.5. The first kappa shape index (κ1) is 15.8. The van der Waals surface area contributed by atoms with Crippen LogP contribution in [0.2, 0.25) is 4.71 Å². The normalized spacial score (nSPS) is 23.4. The molecule has 118 valence electrons. The minimum atomic E-state index is -0.293. The fourth-order valence-electron chi connectivity index (χ4n) is 3.26. The van der Waals surface area contributed by atoms with Crippen molar-refractivity contribution in [3.63, 3.8) is 0 Å². The summed E-state index contributed by atoms with van der Waals surface area (Å²) in [6, 6.07) is 5.70. The number of aromatic nitrogens is 2. The van der Waals surface area contributed by atoms with Crippen LogP contribution in [0.15, 0.2) is 24.4 Å². The third-order valence-corrected chi connectivity index (χ3v) is 6.04. The van der Waals surface area contributed by atoms with Crippen molar-refractivity contribution in [2.45, 2.75) is 42.9 Å². The van der Waals surface area contributed by atoms with Crippen LogP contribution in [0.5, 0.6) is 5.88 Å². The molecule has 5 heteroatoms. The molecule has 2 unspecified atom stereocenters. The van der Waals surface area contributed by atoms with Crippen molar-refractivity contribution >= 4 is 27.9 Å². The summed E-state index contributed by atoms with van der Waals surface area (Å²) in [5.74, 6) is 1.01. The van der Waals surface area contributed by atoms with Crippen molar-refractivity contribution < 1.29 is 9.84 Å². The van der Waals surface area contributed by atoms with Crippen molar-refractivity contribution in [2.75, 3.05) is 7.11 Å². The molecule has 2 aromatic rings. The van der Waals surface area contributed by atoms with Gasteiger partial charge in [0.1, 0.15) is 0 Å². The predicted octanol–water partition coefficient (Wildman–Crippen LogP) is 2.15. The molecule has 1 fully saturated rings. The van der Waals surface area contributed by atoms with Gasteiger partial charge in [0.2, 0.25) is 0 Å². The van der Waals surface area contributed by atoms with Crippen molar-refractivity contribution in [3.05, 3.63) is 30.0 Å². The standard InChI is InChI=1S/C17H23AsN2O2/c1-22-16-7-6-14-17(20-16)12(8-9-19-14)10-15(21)11-2-4-13(18)5-3-11/h6-9,11,13,15,21H,2-5,10,18H2,1H3/t11-,13-,15?. The Labute approximate surface area is 139 Å². The Hall–Kier alpha value is -1.12. The summed E-state index contributed by atoms with van der Waals surface area (Å²) < 4.78 is 6.08. The third kappa shape index (κ3) is 3.44. The Bertz CT molecular complexity index is 642. The molecule has 2 heterocycles. The zero-order valence-corrected chi connectivity index (χ0v) is 15.3. The molecule has 1 aliphatic carbocycles. The molecule has 0 radical (unpaired) electrons. The first-order chi connectivity index (χ1) is 10.7. The van der Waals surface area contributed by atoms with Gasteiger partial charge >= 0.3 is 139 Å². The number of methoxy groups -OCH3 is 1. The SMILES string of the molecule is COc1ccc2nccc(CC(O)[C@H]3CC[C@H]([AsH2])CC3)c2n1. The number of aliphatic hydroxyl groups excluding tert-OH is 1. The van der Waals surface area contributed by atoms with E-state index in [1.165, 1.54) is 12.8 Å². The van der Waals surface area contributed by atoms with Gasteiger partial charge in [0.15, 0.2) is 0 Å². The Morgan fingerprint density at radius 2 is 2.05 bits per heavy atom. The number of aliphatic hydroxyl groups is 1. The second-order valence-corrected chi connectivity index (χ2v) is 8.12. The quantitative estimate of drug-likeness (QED) is 0.847. The molecule has 0 bridgehead atoms. The zero-order valence-electron chi connectivity index (χ0n) is 12.9. The molecule has 1 N–H and O–H groups in total. The summed E-state index contributed by atoms with van der Waals surface area (Å²) in [7, 11) is 1.61. The Morgan fingerprint density at radius 1 is 1.27 bits per heavy atom. The van der Waals surface area contributed by atoms with Gasteiger partial charge in [0.05, 0.1) is 0 Å². The summed E-state index contributed by atoms with van der Waals surface area (Å²) in [6.07, 6.45) is 6.94. The summed E-state index contributed by atoms with van der Waals surface area (Å²) in [5.41, 5.74) is 2.75. The monoisotopic (exact) mass is 362 g/mol. The molecule has 1 saturated carbocycles. The summed E-state index contributed by atoms with van der Waals surface area (Å²) in [4.78, 5) is 8.86. The fraction of sp³-hybridized carbons (Fsp3) is 0.529. The minimum absolute atomic E-state index is 0.293. The molecule has 2 atom stereocenters. The molecular weight excluding hydrogens is 339 g/mol. The van der Waals surface area contributed by atoms with Crippen LogP contribution in [0, 0.1) is 5.92 Å². The molecular formula is C17H23AsN2O2. The molecule has 0 spiro atoms. The number of ether oxygens (including phenoxy) is 1. The molecule has 0 saturated heterocycles. The van der Waals surface area contributed by atoms with Gasteiger partial charge in [-0.2, -0.15) is 0 Å². The summed E-state index contributed by atoms with van der Waals surface area (Å²) in [5, 5.41) is 10.6. The number of hydrogen-bond donors (Lipinski definition) is 1. The van der Waals surface area contributed by atoms with E-state index in [4.69, 9.17) is 4.74 Å². The maximum absolute atomic E-state index is 10.6. The van der Waals surface area contributed by atoms with Crippen LogP contribution in [-0.4, -0.2) is 45.1 Å². The Morgan fingerprint density at radius 3 is 2.77 bits per heavy atom. The molecule has 3 rings (SSSR count). The number of pyridine rings is 2. The van der Waals surface area contributed by atoms with Gasteiger partial charge in [-0.15, -0.1) is 0 Å². The number of hydrogen-bond acceptors (Lipinski definition) is 4. The van der Waals surface area contributed by atoms with Crippen LogP contribution >= 0.6 is 0 Å². The topological polar surface area (TPSA) is 55.2 Å². The third-order valence-electron chi connectivity index (χ3n) is 4.64. The van der Waals surface area contributed by atoms with Crippen molar-refractivity contribution in [1.82, 2.24) is 9.97 Å². The van der Waals surface area contributed by atoms with Crippen molar-refractivity contribution in [2.24, 2.45) is 5.92 Å².